The molecular weight excluding hydrogens is 392 g/mol. The fraction of sp³-hybridized carbons (Fsp3) is 0.0385. The van der Waals surface area contributed by atoms with Crippen LogP contribution < -0.4 is 4.74 Å². The lowest BCUT2D eigenvalue weighted by Gasteiger charge is -2.04. The number of hydrogen-bond donors (Lipinski definition) is 1. The van der Waals surface area contributed by atoms with Gasteiger partial charge in [-0.2, -0.15) is 0 Å². The summed E-state index contributed by atoms with van der Waals surface area (Å²) in [6, 6.07) is 21.8. The fourth-order valence-corrected chi connectivity index (χ4v) is 2.64. The van der Waals surface area contributed by atoms with Crippen molar-refractivity contribution in [3.05, 3.63) is 108 Å². The van der Waals surface area contributed by atoms with Gasteiger partial charge in [0, 0.05) is 0 Å². The second kappa shape index (κ2) is 10.5. The Morgan fingerprint density at radius 3 is 1.77 bits per heavy atom. The SMILES string of the molecule is O=C(/C=C/c1ccc(O)cc1)CC(=O)/C=C/c1ccc(OC(=O)c2ccccc2)cc1. The number of phenolic OH excluding ortho intramolecular Hbond substituents is 1. The third-order valence-electron chi connectivity index (χ3n) is 4.27. The van der Waals surface area contributed by atoms with E-state index in [0.29, 0.717) is 11.3 Å². The number of esters is 1. The molecule has 3 rings (SSSR count). The molecule has 31 heavy (non-hydrogen) atoms. The molecule has 0 amide bonds. The first-order valence-corrected chi connectivity index (χ1v) is 9.58. The average Bonchev–Trinajstić information content (AvgIpc) is 2.79. The van der Waals surface area contributed by atoms with Crippen molar-refractivity contribution in [2.24, 2.45) is 0 Å². The van der Waals surface area contributed by atoms with Crippen molar-refractivity contribution in [2.45, 2.75) is 6.42 Å². The molecule has 0 heterocycles. The molecule has 0 aromatic heterocycles. The van der Waals surface area contributed by atoms with Gasteiger partial charge in [-0.15, -0.1) is 0 Å². The minimum atomic E-state index is -0.446. The van der Waals surface area contributed by atoms with Gasteiger partial charge >= 0.3 is 5.97 Å². The summed E-state index contributed by atoms with van der Waals surface area (Å²) in [6.45, 7) is 0. The molecule has 1 N–H and O–H groups in total. The van der Waals surface area contributed by atoms with Crippen molar-refractivity contribution in [3.8, 4) is 11.5 Å². The van der Waals surface area contributed by atoms with Crippen molar-refractivity contribution in [1.82, 2.24) is 0 Å². The molecule has 3 aromatic carbocycles. The lowest BCUT2D eigenvalue weighted by molar-refractivity contribution is -0.121. The van der Waals surface area contributed by atoms with Gasteiger partial charge in [0.1, 0.15) is 11.5 Å². The highest BCUT2D eigenvalue weighted by molar-refractivity contribution is 6.10. The van der Waals surface area contributed by atoms with E-state index in [1.165, 1.54) is 24.3 Å². The van der Waals surface area contributed by atoms with Gasteiger partial charge in [-0.3, -0.25) is 9.59 Å². The zero-order valence-corrected chi connectivity index (χ0v) is 16.6. The summed E-state index contributed by atoms with van der Waals surface area (Å²) in [4.78, 5) is 36.0. The van der Waals surface area contributed by atoms with Gasteiger partial charge in [0.2, 0.25) is 0 Å². The molecule has 3 aromatic rings. The Morgan fingerprint density at radius 1 is 0.710 bits per heavy atom. The number of carbonyl (C=O) groups is 3. The first kappa shape index (κ1) is 21.5. The largest absolute Gasteiger partial charge is 0.508 e. The third-order valence-corrected chi connectivity index (χ3v) is 4.27. The Balaban J connectivity index is 1.50. The summed E-state index contributed by atoms with van der Waals surface area (Å²) in [6.07, 6.45) is 5.64. The van der Waals surface area contributed by atoms with Gasteiger partial charge < -0.3 is 9.84 Å². The van der Waals surface area contributed by atoms with E-state index in [1.807, 2.05) is 6.07 Å². The first-order valence-electron chi connectivity index (χ1n) is 9.58. The summed E-state index contributed by atoms with van der Waals surface area (Å²) in [5, 5.41) is 9.24. The Bertz CT molecular complexity index is 1110. The smallest absolute Gasteiger partial charge is 0.343 e. The molecule has 5 heteroatoms. The molecule has 5 nitrogen and oxygen atoms in total. The summed E-state index contributed by atoms with van der Waals surface area (Å²) >= 11 is 0. The summed E-state index contributed by atoms with van der Waals surface area (Å²) in [5.41, 5.74) is 1.95. The van der Waals surface area contributed by atoms with Crippen molar-refractivity contribution in [2.75, 3.05) is 0 Å². The van der Waals surface area contributed by atoms with Crippen molar-refractivity contribution < 1.29 is 24.2 Å². The van der Waals surface area contributed by atoms with Crippen LogP contribution in [0.5, 0.6) is 11.5 Å². The third kappa shape index (κ3) is 6.94. The van der Waals surface area contributed by atoms with Crippen LogP contribution in [-0.2, 0) is 9.59 Å². The highest BCUT2D eigenvalue weighted by Crippen LogP contribution is 2.15. The maximum absolute atomic E-state index is 12.0. The first-order chi connectivity index (χ1) is 15.0. The fourth-order valence-electron chi connectivity index (χ4n) is 2.64. The van der Waals surface area contributed by atoms with Crippen LogP contribution >= 0.6 is 0 Å². The zero-order valence-electron chi connectivity index (χ0n) is 16.6. The van der Waals surface area contributed by atoms with E-state index in [4.69, 9.17) is 4.74 Å². The van der Waals surface area contributed by atoms with Crippen LogP contribution in [0.25, 0.3) is 12.2 Å². The van der Waals surface area contributed by atoms with Crippen LogP contribution in [-0.4, -0.2) is 22.6 Å². The van der Waals surface area contributed by atoms with Gasteiger partial charge in [-0.25, -0.2) is 4.79 Å². The highest BCUT2D eigenvalue weighted by Gasteiger charge is 2.07. The van der Waals surface area contributed by atoms with Gasteiger partial charge in [0.05, 0.1) is 12.0 Å². The molecular formula is C26H20O5. The number of ether oxygens (including phenoxy) is 1. The predicted octanol–water partition coefficient (Wildman–Crippen LogP) is 4.87. The van der Waals surface area contributed by atoms with Crippen LogP contribution in [0.15, 0.2) is 91.0 Å². The Labute approximate surface area is 179 Å². The van der Waals surface area contributed by atoms with Gasteiger partial charge in [0.25, 0.3) is 0 Å². The molecule has 0 aliphatic carbocycles. The van der Waals surface area contributed by atoms with E-state index in [1.54, 1.807) is 72.8 Å². The van der Waals surface area contributed by atoms with E-state index in [0.717, 1.165) is 11.1 Å². The zero-order chi connectivity index (χ0) is 22.1. The van der Waals surface area contributed by atoms with E-state index in [2.05, 4.69) is 0 Å². The maximum Gasteiger partial charge on any atom is 0.343 e. The summed E-state index contributed by atoms with van der Waals surface area (Å²) in [7, 11) is 0. The van der Waals surface area contributed by atoms with E-state index in [-0.39, 0.29) is 23.7 Å². The Kier molecular flexibility index (Phi) is 7.27. The number of aromatic hydroxyl groups is 1. The number of ketones is 2. The van der Waals surface area contributed by atoms with Crippen molar-refractivity contribution in [1.29, 1.82) is 0 Å². The van der Waals surface area contributed by atoms with Crippen LogP contribution in [0.1, 0.15) is 27.9 Å². The maximum atomic E-state index is 12.0. The Hall–Kier alpha value is -4.25. The monoisotopic (exact) mass is 412 g/mol. The summed E-state index contributed by atoms with van der Waals surface area (Å²) < 4.78 is 5.31. The van der Waals surface area contributed by atoms with Gasteiger partial charge in [-0.05, 0) is 59.7 Å². The summed E-state index contributed by atoms with van der Waals surface area (Å²) in [5.74, 6) is -0.540. The molecule has 0 fully saturated rings. The highest BCUT2D eigenvalue weighted by atomic mass is 16.5. The number of carbonyl (C=O) groups excluding carboxylic acids is 3. The molecule has 0 radical (unpaired) electrons. The number of phenols is 1. The van der Waals surface area contributed by atoms with Crippen LogP contribution in [0.3, 0.4) is 0 Å². The van der Waals surface area contributed by atoms with E-state index < -0.39 is 5.97 Å². The second-order valence-electron chi connectivity index (χ2n) is 6.69. The minimum absolute atomic E-state index is 0.145. The lowest BCUT2D eigenvalue weighted by atomic mass is 10.1. The average molecular weight is 412 g/mol. The van der Waals surface area contributed by atoms with Crippen molar-refractivity contribution in [3.63, 3.8) is 0 Å². The quantitative estimate of drug-likeness (QED) is 0.247. The number of allylic oxidation sites excluding steroid dienone is 2. The topological polar surface area (TPSA) is 80.7 Å². The van der Waals surface area contributed by atoms with E-state index in [9.17, 15) is 19.5 Å². The van der Waals surface area contributed by atoms with Gasteiger partial charge in [0.15, 0.2) is 11.6 Å². The lowest BCUT2D eigenvalue weighted by Crippen LogP contribution is -2.07. The van der Waals surface area contributed by atoms with E-state index >= 15 is 0 Å². The molecule has 0 aliphatic rings. The number of benzene rings is 3. The molecule has 154 valence electrons. The number of hydrogen-bond acceptors (Lipinski definition) is 5. The molecule has 0 saturated heterocycles. The van der Waals surface area contributed by atoms with Crippen LogP contribution in [0.2, 0.25) is 0 Å². The standard InChI is InChI=1S/C26H20O5/c27-22-12-6-19(7-13-22)8-14-23(28)18-24(29)15-9-20-10-16-25(17-11-20)31-26(30)21-4-2-1-3-5-21/h1-17,27H,18H2/b14-8+,15-9+. The van der Waals surface area contributed by atoms with Crippen LogP contribution in [0, 0.1) is 0 Å². The normalized spacial score (nSPS) is 11.0. The molecule has 0 bridgehead atoms. The predicted molar refractivity (Wildman–Crippen MR) is 119 cm³/mol. The minimum Gasteiger partial charge on any atom is -0.508 e. The molecule has 0 unspecified atom stereocenters. The molecule has 0 spiro atoms. The second-order valence-corrected chi connectivity index (χ2v) is 6.69. The van der Waals surface area contributed by atoms with Crippen molar-refractivity contribution >= 4 is 29.7 Å². The molecule has 0 aliphatic heterocycles. The van der Waals surface area contributed by atoms with Gasteiger partial charge in [-0.1, -0.05) is 54.6 Å². The number of rotatable bonds is 8. The Morgan fingerprint density at radius 2 is 1.23 bits per heavy atom. The molecule has 0 atom stereocenters. The molecule has 0 saturated carbocycles. The van der Waals surface area contributed by atoms with Crippen LogP contribution in [0.4, 0.5) is 0 Å².